The number of rotatable bonds is 1. The van der Waals surface area contributed by atoms with Crippen molar-refractivity contribution >= 4 is 5.57 Å². The van der Waals surface area contributed by atoms with E-state index < -0.39 is 0 Å². The summed E-state index contributed by atoms with van der Waals surface area (Å²) in [4.78, 5) is 0. The fourth-order valence-corrected chi connectivity index (χ4v) is 2.07. The van der Waals surface area contributed by atoms with Crippen LogP contribution in [0.1, 0.15) is 18.4 Å². The smallest absolute Gasteiger partial charge is 0.109 e. The van der Waals surface area contributed by atoms with Crippen LogP contribution >= 0.6 is 0 Å². The summed E-state index contributed by atoms with van der Waals surface area (Å²) in [7, 11) is 0. The zero-order valence-corrected chi connectivity index (χ0v) is 7.44. The fourth-order valence-electron chi connectivity index (χ4n) is 2.07. The number of benzene rings is 1. The standard InChI is InChI=1S/C12H12O/c1-2-5-9(6-3-1)10-7-4-8-11-12(10)13-11/h1-3,5-7,11-12H,4,8H2/t11-,12+/m0/s1. The molecule has 1 saturated heterocycles. The minimum atomic E-state index is 0.413. The molecule has 1 fully saturated rings. The molecule has 1 heterocycles. The molecule has 1 heteroatoms. The van der Waals surface area contributed by atoms with Crippen molar-refractivity contribution in [1.82, 2.24) is 0 Å². The van der Waals surface area contributed by atoms with Gasteiger partial charge in [-0.25, -0.2) is 0 Å². The maximum absolute atomic E-state index is 5.58. The highest BCUT2D eigenvalue weighted by atomic mass is 16.6. The van der Waals surface area contributed by atoms with Crippen LogP contribution in [0, 0.1) is 0 Å². The predicted octanol–water partition coefficient (Wildman–Crippen LogP) is 2.63. The number of ether oxygens (including phenoxy) is 1. The second-order valence-corrected chi connectivity index (χ2v) is 3.70. The van der Waals surface area contributed by atoms with Crippen LogP contribution in [0.3, 0.4) is 0 Å². The zero-order valence-electron chi connectivity index (χ0n) is 7.44. The number of allylic oxidation sites excluding steroid dienone is 1. The molecular weight excluding hydrogens is 160 g/mol. The Morgan fingerprint density at radius 3 is 2.85 bits per heavy atom. The number of hydrogen-bond acceptors (Lipinski definition) is 1. The quantitative estimate of drug-likeness (QED) is 0.593. The lowest BCUT2D eigenvalue weighted by Crippen LogP contribution is -2.02. The van der Waals surface area contributed by atoms with Gasteiger partial charge >= 0.3 is 0 Å². The molecule has 2 atom stereocenters. The molecule has 1 aromatic rings. The Kier molecular flexibility index (Phi) is 1.53. The predicted molar refractivity (Wildman–Crippen MR) is 52.3 cm³/mol. The fraction of sp³-hybridized carbons (Fsp3) is 0.333. The van der Waals surface area contributed by atoms with E-state index in [9.17, 15) is 0 Å². The third-order valence-electron chi connectivity index (χ3n) is 2.81. The molecule has 0 bridgehead atoms. The van der Waals surface area contributed by atoms with E-state index in [0.717, 1.165) is 0 Å². The molecule has 1 aromatic carbocycles. The summed E-state index contributed by atoms with van der Waals surface area (Å²) in [5.41, 5.74) is 2.73. The molecule has 1 nitrogen and oxygen atoms in total. The molecule has 66 valence electrons. The largest absolute Gasteiger partial charge is 0.364 e. The van der Waals surface area contributed by atoms with Gasteiger partial charge in [0.15, 0.2) is 0 Å². The highest BCUT2D eigenvalue weighted by Gasteiger charge is 2.43. The van der Waals surface area contributed by atoms with E-state index in [1.165, 1.54) is 24.0 Å². The summed E-state index contributed by atoms with van der Waals surface area (Å²) in [6.07, 6.45) is 5.65. The van der Waals surface area contributed by atoms with Gasteiger partial charge in [-0.1, -0.05) is 36.4 Å². The van der Waals surface area contributed by atoms with Gasteiger partial charge in [-0.3, -0.25) is 0 Å². The first-order valence-electron chi connectivity index (χ1n) is 4.86. The van der Waals surface area contributed by atoms with E-state index in [4.69, 9.17) is 4.74 Å². The summed E-state index contributed by atoms with van der Waals surface area (Å²) < 4.78 is 5.58. The first kappa shape index (κ1) is 7.34. The Morgan fingerprint density at radius 1 is 1.15 bits per heavy atom. The lowest BCUT2D eigenvalue weighted by atomic mass is 9.94. The van der Waals surface area contributed by atoms with Crippen molar-refractivity contribution in [1.29, 1.82) is 0 Å². The molecule has 0 radical (unpaired) electrons. The van der Waals surface area contributed by atoms with Gasteiger partial charge in [0, 0.05) is 0 Å². The highest BCUT2D eigenvalue weighted by Crippen LogP contribution is 2.41. The Labute approximate surface area is 78.0 Å². The topological polar surface area (TPSA) is 12.5 Å². The Bertz CT molecular complexity index is 339. The molecule has 3 rings (SSSR count). The van der Waals surface area contributed by atoms with Crippen LogP contribution in [-0.2, 0) is 4.74 Å². The van der Waals surface area contributed by atoms with E-state index in [1.807, 2.05) is 0 Å². The van der Waals surface area contributed by atoms with Crippen molar-refractivity contribution in [2.75, 3.05) is 0 Å². The third-order valence-corrected chi connectivity index (χ3v) is 2.81. The van der Waals surface area contributed by atoms with Crippen molar-refractivity contribution < 1.29 is 4.74 Å². The lowest BCUT2D eigenvalue weighted by molar-refractivity contribution is 0.387. The first-order valence-corrected chi connectivity index (χ1v) is 4.86. The second kappa shape index (κ2) is 2.71. The molecule has 1 aliphatic carbocycles. The molecule has 0 spiro atoms. The molecule has 13 heavy (non-hydrogen) atoms. The van der Waals surface area contributed by atoms with Gasteiger partial charge in [0.05, 0.1) is 6.10 Å². The molecule has 1 aliphatic heterocycles. The Morgan fingerprint density at radius 2 is 2.00 bits per heavy atom. The van der Waals surface area contributed by atoms with Gasteiger partial charge in [-0.2, -0.15) is 0 Å². The van der Waals surface area contributed by atoms with Gasteiger partial charge in [-0.05, 0) is 24.0 Å². The van der Waals surface area contributed by atoms with Crippen molar-refractivity contribution in [3.63, 3.8) is 0 Å². The van der Waals surface area contributed by atoms with Crippen molar-refractivity contribution in [2.45, 2.75) is 25.0 Å². The maximum atomic E-state index is 5.58. The van der Waals surface area contributed by atoms with Crippen LogP contribution in [0.4, 0.5) is 0 Å². The Hall–Kier alpha value is -1.08. The molecule has 0 saturated carbocycles. The van der Waals surface area contributed by atoms with Gasteiger partial charge in [0.25, 0.3) is 0 Å². The summed E-state index contributed by atoms with van der Waals surface area (Å²) in [6, 6.07) is 10.5. The van der Waals surface area contributed by atoms with Crippen LogP contribution in [0.15, 0.2) is 36.4 Å². The number of epoxide rings is 1. The number of hydrogen-bond donors (Lipinski definition) is 0. The van der Waals surface area contributed by atoms with Crippen LogP contribution in [-0.4, -0.2) is 12.2 Å². The maximum Gasteiger partial charge on any atom is 0.109 e. The zero-order chi connectivity index (χ0) is 8.67. The summed E-state index contributed by atoms with van der Waals surface area (Å²) in [5, 5.41) is 0. The molecule has 0 amide bonds. The van der Waals surface area contributed by atoms with Gasteiger partial charge in [0.2, 0.25) is 0 Å². The lowest BCUT2D eigenvalue weighted by Gasteiger charge is -2.08. The highest BCUT2D eigenvalue weighted by molar-refractivity contribution is 5.72. The summed E-state index contributed by atoms with van der Waals surface area (Å²) in [5.74, 6) is 0. The van der Waals surface area contributed by atoms with Crippen molar-refractivity contribution in [3.05, 3.63) is 42.0 Å². The Balaban J connectivity index is 1.97. The van der Waals surface area contributed by atoms with Gasteiger partial charge < -0.3 is 4.74 Å². The normalized spacial score (nSPS) is 30.6. The van der Waals surface area contributed by atoms with Crippen LogP contribution < -0.4 is 0 Å². The van der Waals surface area contributed by atoms with Crippen molar-refractivity contribution in [2.24, 2.45) is 0 Å². The van der Waals surface area contributed by atoms with Crippen LogP contribution in [0.25, 0.3) is 5.57 Å². The van der Waals surface area contributed by atoms with Crippen LogP contribution in [0.5, 0.6) is 0 Å². The van der Waals surface area contributed by atoms with E-state index >= 15 is 0 Å². The second-order valence-electron chi connectivity index (χ2n) is 3.70. The first-order chi connectivity index (χ1) is 6.45. The number of fused-ring (bicyclic) bond motifs is 1. The summed E-state index contributed by atoms with van der Waals surface area (Å²) >= 11 is 0. The van der Waals surface area contributed by atoms with Gasteiger partial charge in [0.1, 0.15) is 6.10 Å². The molecule has 0 N–H and O–H groups in total. The minimum Gasteiger partial charge on any atom is -0.364 e. The SMILES string of the molecule is C1=C(c2ccccc2)[C@H]2O[C@H]2CC1. The molecule has 0 unspecified atom stereocenters. The average Bonchev–Trinajstić information content (AvgIpc) is 2.97. The molecular formula is C12H12O. The third kappa shape index (κ3) is 1.20. The summed E-state index contributed by atoms with van der Waals surface area (Å²) in [6.45, 7) is 0. The van der Waals surface area contributed by atoms with E-state index in [2.05, 4.69) is 36.4 Å². The average molecular weight is 172 g/mol. The molecule has 2 aliphatic rings. The van der Waals surface area contributed by atoms with E-state index in [1.54, 1.807) is 0 Å². The van der Waals surface area contributed by atoms with Gasteiger partial charge in [-0.15, -0.1) is 0 Å². The minimum absolute atomic E-state index is 0.413. The van der Waals surface area contributed by atoms with Crippen molar-refractivity contribution in [3.8, 4) is 0 Å². The molecule has 0 aromatic heterocycles. The van der Waals surface area contributed by atoms with E-state index in [-0.39, 0.29) is 0 Å². The van der Waals surface area contributed by atoms with Crippen LogP contribution in [0.2, 0.25) is 0 Å². The van der Waals surface area contributed by atoms with E-state index in [0.29, 0.717) is 12.2 Å². The monoisotopic (exact) mass is 172 g/mol.